The zero-order valence-electron chi connectivity index (χ0n) is 13.4. The number of thioether (sulfide) groups is 1. The lowest BCUT2D eigenvalue weighted by molar-refractivity contribution is -0.150. The van der Waals surface area contributed by atoms with Gasteiger partial charge >= 0.3 is 5.97 Å². The van der Waals surface area contributed by atoms with Crippen molar-refractivity contribution in [2.45, 2.75) is 24.4 Å². The van der Waals surface area contributed by atoms with Gasteiger partial charge in [0.15, 0.2) is 0 Å². The summed E-state index contributed by atoms with van der Waals surface area (Å²) in [5, 5.41) is 11.5. The minimum atomic E-state index is -1.13. The average molecular weight is 365 g/mol. The lowest BCUT2D eigenvalue weighted by Gasteiger charge is -2.49. The molecule has 2 aliphatic heterocycles. The third-order valence-corrected chi connectivity index (χ3v) is 5.52. The predicted molar refractivity (Wildman–Crippen MR) is 92.3 cm³/mol. The molecule has 0 spiro atoms. The number of hydrogen-bond acceptors (Lipinski definition) is 5. The minimum absolute atomic E-state index is 0. The highest BCUT2D eigenvalue weighted by Crippen LogP contribution is 2.40. The maximum Gasteiger partial charge on any atom is 0.352 e. The van der Waals surface area contributed by atoms with Crippen LogP contribution in [0, 0.1) is 0 Å². The van der Waals surface area contributed by atoms with Gasteiger partial charge < -0.3 is 21.6 Å². The number of aliphatic carboxylic acids is 1. The molecule has 1 fully saturated rings. The van der Waals surface area contributed by atoms with Gasteiger partial charge in [-0.25, -0.2) is 4.79 Å². The van der Waals surface area contributed by atoms with E-state index in [1.54, 1.807) is 31.2 Å². The van der Waals surface area contributed by atoms with Crippen LogP contribution in [-0.2, 0) is 14.4 Å². The summed E-state index contributed by atoms with van der Waals surface area (Å²) in [6.45, 7) is 1.69. The normalized spacial score (nSPS) is 23.1. The van der Waals surface area contributed by atoms with Crippen LogP contribution in [0.3, 0.4) is 0 Å². The molecule has 2 heterocycles. The van der Waals surface area contributed by atoms with Gasteiger partial charge in [0.2, 0.25) is 5.91 Å². The van der Waals surface area contributed by atoms with Gasteiger partial charge in [0.1, 0.15) is 23.2 Å². The maximum atomic E-state index is 12.3. The summed E-state index contributed by atoms with van der Waals surface area (Å²) in [5.41, 5.74) is 7.24. The summed E-state index contributed by atoms with van der Waals surface area (Å²) in [6, 6.07) is 7.23. The van der Waals surface area contributed by atoms with E-state index < -0.39 is 35.2 Å². The fourth-order valence-electron chi connectivity index (χ4n) is 2.83. The Hall–Kier alpha value is -2.36. The monoisotopic (exact) mass is 365 g/mol. The Bertz CT molecular complexity index is 737. The highest BCUT2D eigenvalue weighted by atomic mass is 32.2. The van der Waals surface area contributed by atoms with Gasteiger partial charge in [0.05, 0.1) is 0 Å². The Labute approximate surface area is 148 Å². The highest BCUT2D eigenvalue weighted by molar-refractivity contribution is 8.00. The first-order valence-corrected chi connectivity index (χ1v) is 8.45. The van der Waals surface area contributed by atoms with Gasteiger partial charge in [0, 0.05) is 5.75 Å². The molecule has 8 nitrogen and oxygen atoms in total. The van der Waals surface area contributed by atoms with Crippen molar-refractivity contribution < 1.29 is 25.0 Å². The third-order valence-electron chi connectivity index (χ3n) is 4.10. The molecule has 0 aliphatic carbocycles. The number of β-lactam (4-membered cyclic amide) rings is 1. The summed E-state index contributed by atoms with van der Waals surface area (Å²) in [7, 11) is 0. The number of hydrogen-bond donors (Lipinski definition) is 3. The molecule has 0 radical (unpaired) electrons. The summed E-state index contributed by atoms with van der Waals surface area (Å²) >= 11 is 1.43. The first-order valence-electron chi connectivity index (χ1n) is 7.40. The lowest BCUT2D eigenvalue weighted by Crippen LogP contribution is -2.71. The number of carbonyl (C=O) groups is 3. The summed E-state index contributed by atoms with van der Waals surface area (Å²) < 4.78 is 0. The van der Waals surface area contributed by atoms with Crippen LogP contribution in [0.2, 0.25) is 0 Å². The molecular weight excluding hydrogens is 346 g/mol. The molecule has 2 unspecified atom stereocenters. The second-order valence-corrected chi connectivity index (χ2v) is 6.82. The molecular formula is C16H19N3O5S. The Morgan fingerprint density at radius 1 is 1.36 bits per heavy atom. The van der Waals surface area contributed by atoms with E-state index in [4.69, 9.17) is 5.73 Å². The SMILES string of the molecule is CC1=C(C(=O)O)N2C(=O)C(NC(=O)C(N)c3ccccc3)[C@@H]2SC1.O. The largest absolute Gasteiger partial charge is 0.477 e. The van der Waals surface area contributed by atoms with Crippen LogP contribution in [0.5, 0.6) is 0 Å². The molecule has 134 valence electrons. The standard InChI is InChI=1S/C16H17N3O4S.H2O/c1-8-7-24-15-11(14(21)19(15)12(8)16(22)23)18-13(20)10(17)9-5-3-2-4-6-9;/h2-6,10-11,15H,7,17H2,1H3,(H,18,20)(H,22,23);1H2/t10?,11?,15-;/m0./s1. The van der Waals surface area contributed by atoms with Crippen molar-refractivity contribution in [1.29, 1.82) is 0 Å². The van der Waals surface area contributed by atoms with Crippen LogP contribution in [0.15, 0.2) is 41.6 Å². The number of nitrogens with one attached hydrogen (secondary N) is 1. The Balaban J connectivity index is 0.00000225. The zero-order chi connectivity index (χ0) is 17.4. The average Bonchev–Trinajstić information content (AvgIpc) is 2.59. The van der Waals surface area contributed by atoms with Gasteiger partial charge in [-0.05, 0) is 18.1 Å². The molecule has 1 aromatic carbocycles. The number of nitrogens with two attached hydrogens (primary N) is 1. The van der Waals surface area contributed by atoms with Gasteiger partial charge in [-0.2, -0.15) is 0 Å². The summed E-state index contributed by atoms with van der Waals surface area (Å²) in [4.78, 5) is 37.2. The van der Waals surface area contributed by atoms with E-state index in [0.717, 1.165) is 0 Å². The first kappa shape index (κ1) is 19.0. The molecule has 1 saturated heterocycles. The summed E-state index contributed by atoms with van der Waals surface area (Å²) in [5.74, 6) is -1.50. The number of benzene rings is 1. The van der Waals surface area contributed by atoms with Crippen molar-refractivity contribution in [3.8, 4) is 0 Å². The van der Waals surface area contributed by atoms with Crippen molar-refractivity contribution in [2.75, 3.05) is 5.75 Å². The van der Waals surface area contributed by atoms with E-state index in [1.807, 2.05) is 6.07 Å². The Kier molecular flexibility index (Phi) is 5.51. The van der Waals surface area contributed by atoms with Crippen LogP contribution in [-0.4, -0.2) is 50.4 Å². The van der Waals surface area contributed by atoms with Crippen LogP contribution in [0.1, 0.15) is 18.5 Å². The van der Waals surface area contributed by atoms with E-state index in [0.29, 0.717) is 16.9 Å². The summed E-state index contributed by atoms with van der Waals surface area (Å²) in [6.07, 6.45) is 0. The molecule has 2 amide bonds. The van der Waals surface area contributed by atoms with Crippen LogP contribution in [0.4, 0.5) is 0 Å². The first-order chi connectivity index (χ1) is 11.4. The molecule has 3 atom stereocenters. The van der Waals surface area contributed by atoms with Crippen LogP contribution in [0.25, 0.3) is 0 Å². The molecule has 0 aromatic heterocycles. The second kappa shape index (κ2) is 7.26. The molecule has 2 aliphatic rings. The Morgan fingerprint density at radius 2 is 2.00 bits per heavy atom. The van der Waals surface area contributed by atoms with Gasteiger partial charge in [-0.3, -0.25) is 14.5 Å². The highest BCUT2D eigenvalue weighted by Gasteiger charge is 2.53. The van der Waals surface area contributed by atoms with Crippen molar-refractivity contribution >= 4 is 29.5 Å². The van der Waals surface area contributed by atoms with E-state index in [9.17, 15) is 19.5 Å². The fourth-order valence-corrected chi connectivity index (χ4v) is 4.12. The topological polar surface area (TPSA) is 144 Å². The van der Waals surface area contributed by atoms with Crippen LogP contribution >= 0.6 is 11.8 Å². The molecule has 25 heavy (non-hydrogen) atoms. The van der Waals surface area contributed by atoms with Crippen molar-refractivity contribution in [1.82, 2.24) is 10.2 Å². The van der Waals surface area contributed by atoms with Crippen LogP contribution < -0.4 is 11.1 Å². The minimum Gasteiger partial charge on any atom is -0.477 e. The molecule has 0 saturated carbocycles. The lowest BCUT2D eigenvalue weighted by atomic mass is 10.0. The van der Waals surface area contributed by atoms with Gasteiger partial charge in [-0.15, -0.1) is 11.8 Å². The number of rotatable bonds is 4. The molecule has 0 bridgehead atoms. The molecule has 6 N–H and O–H groups in total. The maximum absolute atomic E-state index is 12.3. The van der Waals surface area contributed by atoms with Crippen molar-refractivity contribution in [3.05, 3.63) is 47.2 Å². The van der Waals surface area contributed by atoms with E-state index in [2.05, 4.69) is 5.32 Å². The zero-order valence-corrected chi connectivity index (χ0v) is 14.2. The Morgan fingerprint density at radius 3 is 2.60 bits per heavy atom. The van der Waals surface area contributed by atoms with E-state index in [1.165, 1.54) is 16.7 Å². The molecule has 3 rings (SSSR count). The number of nitrogens with zero attached hydrogens (tertiary/aromatic N) is 1. The number of fused-ring (bicyclic) bond motifs is 1. The van der Waals surface area contributed by atoms with Gasteiger partial charge in [0.25, 0.3) is 5.91 Å². The second-order valence-electron chi connectivity index (χ2n) is 5.72. The number of carboxylic acids is 1. The molecule has 1 aromatic rings. The van der Waals surface area contributed by atoms with E-state index >= 15 is 0 Å². The molecule has 9 heteroatoms. The number of carboxylic acid groups (broad SMARTS) is 1. The third kappa shape index (κ3) is 3.26. The van der Waals surface area contributed by atoms with E-state index in [-0.39, 0.29) is 11.2 Å². The number of amides is 2. The predicted octanol–water partition coefficient (Wildman–Crippen LogP) is -0.380. The fraction of sp³-hybridized carbons (Fsp3) is 0.312. The van der Waals surface area contributed by atoms with Crippen molar-refractivity contribution in [3.63, 3.8) is 0 Å². The number of carbonyl (C=O) groups excluding carboxylic acids is 2. The smallest absolute Gasteiger partial charge is 0.352 e. The quantitative estimate of drug-likeness (QED) is 0.620. The van der Waals surface area contributed by atoms with Crippen molar-refractivity contribution in [2.24, 2.45) is 5.73 Å². The van der Waals surface area contributed by atoms with Gasteiger partial charge in [-0.1, -0.05) is 30.3 Å².